The number of aryl methyl sites for hydroxylation is 2. The first-order valence-corrected chi connectivity index (χ1v) is 8.51. The van der Waals surface area contributed by atoms with Gasteiger partial charge >= 0.3 is 5.56 Å². The number of methoxy groups -OCH3 is 1. The highest BCUT2D eigenvalue weighted by Gasteiger charge is 2.16. The van der Waals surface area contributed by atoms with E-state index >= 15 is 0 Å². The highest BCUT2D eigenvalue weighted by Crippen LogP contribution is 2.28. The van der Waals surface area contributed by atoms with Crippen molar-refractivity contribution in [1.82, 2.24) is 9.78 Å². The van der Waals surface area contributed by atoms with Gasteiger partial charge in [0.15, 0.2) is 0 Å². The van der Waals surface area contributed by atoms with Crippen LogP contribution in [-0.4, -0.2) is 16.9 Å². The lowest BCUT2D eigenvalue weighted by molar-refractivity contribution is 0.412. The molecule has 1 aromatic heterocycles. The van der Waals surface area contributed by atoms with Crippen LogP contribution in [0, 0.1) is 13.8 Å². The highest BCUT2D eigenvalue weighted by molar-refractivity contribution is 6.32. The Morgan fingerprint density at radius 2 is 1.69 bits per heavy atom. The van der Waals surface area contributed by atoms with E-state index in [2.05, 4.69) is 5.10 Å². The van der Waals surface area contributed by atoms with Gasteiger partial charge in [0.1, 0.15) is 16.5 Å². The summed E-state index contributed by atoms with van der Waals surface area (Å²) in [7, 11) is 1.59. The third kappa shape index (κ3) is 3.73. The Morgan fingerprint density at radius 3 is 2.35 bits per heavy atom. The number of hydrogen-bond acceptors (Lipinski definition) is 4. The van der Waals surface area contributed by atoms with Crippen LogP contribution in [-0.2, 0) is 6.54 Å². The summed E-state index contributed by atoms with van der Waals surface area (Å²) in [6, 6.07) is 14.8. The third-order valence-corrected chi connectivity index (χ3v) is 4.52. The lowest BCUT2D eigenvalue weighted by Gasteiger charge is -2.13. The van der Waals surface area contributed by atoms with Gasteiger partial charge in [-0.05, 0) is 49.2 Å². The van der Waals surface area contributed by atoms with Crippen molar-refractivity contribution < 1.29 is 9.47 Å². The summed E-state index contributed by atoms with van der Waals surface area (Å²) < 4.78 is 12.3. The monoisotopic (exact) mass is 370 g/mol. The molecule has 0 spiro atoms. The molecule has 0 bridgehead atoms. The molecule has 0 aliphatic rings. The van der Waals surface area contributed by atoms with Gasteiger partial charge in [0.2, 0.25) is 5.75 Å². The zero-order chi connectivity index (χ0) is 18.7. The van der Waals surface area contributed by atoms with Gasteiger partial charge in [0.05, 0.1) is 19.3 Å². The van der Waals surface area contributed by atoms with Gasteiger partial charge in [0, 0.05) is 0 Å². The molecule has 0 amide bonds. The zero-order valence-corrected chi connectivity index (χ0v) is 15.6. The van der Waals surface area contributed by atoms with E-state index in [9.17, 15) is 4.79 Å². The van der Waals surface area contributed by atoms with Crippen molar-refractivity contribution in [2.24, 2.45) is 0 Å². The van der Waals surface area contributed by atoms with Crippen molar-refractivity contribution in [3.05, 3.63) is 80.7 Å². The fourth-order valence-corrected chi connectivity index (χ4v) is 2.71. The van der Waals surface area contributed by atoms with E-state index in [0.29, 0.717) is 23.7 Å². The van der Waals surface area contributed by atoms with Crippen molar-refractivity contribution in [3.8, 4) is 17.2 Å². The molecule has 0 aliphatic carbocycles. The fourth-order valence-electron chi connectivity index (χ4n) is 2.55. The quantitative estimate of drug-likeness (QED) is 0.669. The first-order valence-electron chi connectivity index (χ1n) is 8.13. The molecule has 6 heteroatoms. The third-order valence-electron chi connectivity index (χ3n) is 4.08. The van der Waals surface area contributed by atoms with Crippen LogP contribution < -0.4 is 15.0 Å². The molecule has 5 nitrogen and oxygen atoms in total. The largest absolute Gasteiger partial charge is 0.497 e. The highest BCUT2D eigenvalue weighted by atomic mass is 35.5. The topological polar surface area (TPSA) is 53.4 Å². The summed E-state index contributed by atoms with van der Waals surface area (Å²) in [6.45, 7) is 4.09. The van der Waals surface area contributed by atoms with Gasteiger partial charge in [0.25, 0.3) is 0 Å². The Morgan fingerprint density at radius 1 is 1.04 bits per heavy atom. The van der Waals surface area contributed by atoms with E-state index in [1.54, 1.807) is 38.3 Å². The van der Waals surface area contributed by atoms with Crippen LogP contribution in [0.25, 0.3) is 0 Å². The molecular formula is C20H19ClN2O3. The number of halogens is 1. The molecule has 0 saturated heterocycles. The van der Waals surface area contributed by atoms with E-state index in [0.717, 1.165) is 11.1 Å². The SMILES string of the molecule is COc1ccc(Oc2c(Cl)c(C)nn(Cc3ccccc3C)c2=O)cc1. The molecule has 3 rings (SSSR count). The van der Waals surface area contributed by atoms with Crippen LogP contribution in [0.5, 0.6) is 17.2 Å². The van der Waals surface area contributed by atoms with E-state index in [4.69, 9.17) is 21.1 Å². The second-order valence-electron chi connectivity index (χ2n) is 5.90. The summed E-state index contributed by atoms with van der Waals surface area (Å²) in [5, 5.41) is 4.53. The predicted octanol–water partition coefficient (Wildman–Crippen LogP) is 4.36. The van der Waals surface area contributed by atoms with Crippen LogP contribution >= 0.6 is 11.6 Å². The van der Waals surface area contributed by atoms with Crippen molar-refractivity contribution in [3.63, 3.8) is 0 Å². The Bertz CT molecular complexity index is 981. The Hall–Kier alpha value is -2.79. The lowest BCUT2D eigenvalue weighted by Crippen LogP contribution is -2.26. The van der Waals surface area contributed by atoms with Crippen LogP contribution in [0.3, 0.4) is 0 Å². The van der Waals surface area contributed by atoms with E-state index in [1.807, 2.05) is 31.2 Å². The smallest absolute Gasteiger partial charge is 0.311 e. The first-order chi connectivity index (χ1) is 12.5. The fraction of sp³-hybridized carbons (Fsp3) is 0.200. The average Bonchev–Trinajstić information content (AvgIpc) is 2.65. The lowest BCUT2D eigenvalue weighted by atomic mass is 10.1. The molecule has 2 aromatic carbocycles. The maximum atomic E-state index is 12.9. The van der Waals surface area contributed by atoms with Crippen molar-refractivity contribution in [2.75, 3.05) is 7.11 Å². The summed E-state index contributed by atoms with van der Waals surface area (Å²) in [4.78, 5) is 12.9. The van der Waals surface area contributed by atoms with Crippen LogP contribution in [0.2, 0.25) is 5.02 Å². The molecule has 0 aliphatic heterocycles. The second-order valence-corrected chi connectivity index (χ2v) is 6.27. The number of nitrogens with zero attached hydrogens (tertiary/aromatic N) is 2. The van der Waals surface area contributed by atoms with Gasteiger partial charge in [-0.1, -0.05) is 35.9 Å². The molecule has 26 heavy (non-hydrogen) atoms. The Kier molecular flexibility index (Phi) is 5.28. The second kappa shape index (κ2) is 7.62. The molecule has 0 fully saturated rings. The summed E-state index contributed by atoms with van der Waals surface area (Å²) in [5.74, 6) is 1.27. The normalized spacial score (nSPS) is 10.6. The van der Waals surface area contributed by atoms with Gasteiger partial charge in [-0.3, -0.25) is 4.79 Å². The maximum Gasteiger partial charge on any atom is 0.311 e. The van der Waals surface area contributed by atoms with Gasteiger partial charge in [-0.2, -0.15) is 5.10 Å². The number of benzene rings is 2. The minimum Gasteiger partial charge on any atom is -0.497 e. The molecule has 0 N–H and O–H groups in total. The van der Waals surface area contributed by atoms with Gasteiger partial charge in [-0.25, -0.2) is 4.68 Å². The molecule has 134 valence electrons. The van der Waals surface area contributed by atoms with E-state index < -0.39 is 0 Å². The molecule has 0 atom stereocenters. The molecule has 0 saturated carbocycles. The van der Waals surface area contributed by atoms with E-state index in [-0.39, 0.29) is 16.3 Å². The summed E-state index contributed by atoms with van der Waals surface area (Å²) >= 11 is 6.29. The molecule has 0 radical (unpaired) electrons. The van der Waals surface area contributed by atoms with Crippen LogP contribution in [0.15, 0.2) is 53.3 Å². The van der Waals surface area contributed by atoms with E-state index in [1.165, 1.54) is 4.68 Å². The Balaban J connectivity index is 1.98. The number of aromatic nitrogens is 2. The van der Waals surface area contributed by atoms with Crippen molar-refractivity contribution >= 4 is 11.6 Å². The number of hydrogen-bond donors (Lipinski definition) is 0. The summed E-state index contributed by atoms with van der Waals surface area (Å²) in [6.07, 6.45) is 0. The minimum atomic E-state index is -0.375. The Labute approximate surface area is 156 Å². The van der Waals surface area contributed by atoms with Gasteiger partial charge < -0.3 is 9.47 Å². The standard InChI is InChI=1S/C20H19ClN2O3/c1-13-6-4-5-7-15(13)12-23-20(24)19(18(21)14(2)22-23)26-17-10-8-16(25-3)9-11-17/h4-11H,12H2,1-3H3. The average molecular weight is 371 g/mol. The number of ether oxygens (including phenoxy) is 2. The number of rotatable bonds is 5. The molecule has 0 unspecified atom stereocenters. The zero-order valence-electron chi connectivity index (χ0n) is 14.8. The van der Waals surface area contributed by atoms with Crippen molar-refractivity contribution in [2.45, 2.75) is 20.4 Å². The molecule has 1 heterocycles. The minimum absolute atomic E-state index is 0.0675. The van der Waals surface area contributed by atoms with Crippen LogP contribution in [0.4, 0.5) is 0 Å². The molecular weight excluding hydrogens is 352 g/mol. The van der Waals surface area contributed by atoms with Crippen LogP contribution in [0.1, 0.15) is 16.8 Å². The van der Waals surface area contributed by atoms with Crippen molar-refractivity contribution in [1.29, 1.82) is 0 Å². The molecule has 3 aromatic rings. The summed E-state index contributed by atoms with van der Waals surface area (Å²) in [5.41, 5.74) is 2.26. The maximum absolute atomic E-state index is 12.9. The first kappa shape index (κ1) is 18.0. The van der Waals surface area contributed by atoms with Gasteiger partial charge in [-0.15, -0.1) is 0 Å². The predicted molar refractivity (Wildman–Crippen MR) is 102 cm³/mol.